The van der Waals surface area contributed by atoms with Crippen molar-refractivity contribution in [2.45, 2.75) is 25.6 Å². The summed E-state index contributed by atoms with van der Waals surface area (Å²) in [6.07, 6.45) is -3.00. The van der Waals surface area contributed by atoms with Crippen molar-refractivity contribution in [2.75, 3.05) is 23.7 Å². The number of nitrogens with one attached hydrogen (secondary N) is 2. The molecule has 1 unspecified atom stereocenters. The first-order valence-corrected chi connectivity index (χ1v) is 9.47. The minimum absolute atomic E-state index is 0.190. The van der Waals surface area contributed by atoms with Gasteiger partial charge in [-0.05, 0) is 37.1 Å². The van der Waals surface area contributed by atoms with Gasteiger partial charge in [-0.25, -0.2) is 8.42 Å². The maximum Gasteiger partial charge on any atom is 0.405 e. The van der Waals surface area contributed by atoms with Crippen LogP contribution in [0, 0.1) is 0 Å². The van der Waals surface area contributed by atoms with Gasteiger partial charge in [0.2, 0.25) is 15.9 Å². The van der Waals surface area contributed by atoms with E-state index in [9.17, 15) is 31.2 Å². The Morgan fingerprint density at radius 3 is 2.50 bits per heavy atom. The van der Waals surface area contributed by atoms with Gasteiger partial charge in [-0.15, -0.1) is 0 Å². The van der Waals surface area contributed by atoms with Gasteiger partial charge in [-0.3, -0.25) is 13.9 Å². The maximum atomic E-state index is 12.1. The quantitative estimate of drug-likeness (QED) is 0.774. The Labute approximate surface area is 148 Å². The molecule has 2 amide bonds. The molecule has 144 valence electrons. The van der Waals surface area contributed by atoms with Crippen molar-refractivity contribution in [2.24, 2.45) is 0 Å². The molecule has 0 radical (unpaired) electrons. The van der Waals surface area contributed by atoms with Gasteiger partial charge in [0.1, 0.15) is 6.54 Å². The normalized spacial score (nSPS) is 17.0. The third kappa shape index (κ3) is 4.87. The molecule has 1 heterocycles. The number of alkyl halides is 3. The molecule has 0 saturated heterocycles. The van der Waals surface area contributed by atoms with Crippen LogP contribution in [0.15, 0.2) is 18.2 Å². The van der Waals surface area contributed by atoms with Crippen molar-refractivity contribution >= 4 is 27.5 Å². The molecule has 26 heavy (non-hydrogen) atoms. The van der Waals surface area contributed by atoms with Crippen molar-refractivity contribution in [1.82, 2.24) is 10.6 Å². The zero-order valence-corrected chi connectivity index (χ0v) is 14.9. The smallest absolute Gasteiger partial charge is 0.345 e. The molecule has 1 aliphatic rings. The molecule has 1 aromatic carbocycles. The lowest BCUT2D eigenvalue weighted by atomic mass is 10.1. The monoisotopic (exact) mass is 393 g/mol. The number of fused-ring (bicyclic) bond motifs is 1. The molecular formula is C15H18F3N3O4S. The summed E-state index contributed by atoms with van der Waals surface area (Å²) in [7, 11) is -3.45. The second-order valence-electron chi connectivity index (χ2n) is 6.03. The van der Waals surface area contributed by atoms with Gasteiger partial charge in [0.05, 0.1) is 18.5 Å². The van der Waals surface area contributed by atoms with E-state index in [1.807, 2.05) is 0 Å². The number of halogens is 3. The fourth-order valence-corrected chi connectivity index (χ4v) is 4.04. The third-order valence-electron chi connectivity index (χ3n) is 3.75. The van der Waals surface area contributed by atoms with Crippen LogP contribution in [0.2, 0.25) is 0 Å². The number of anilines is 1. The summed E-state index contributed by atoms with van der Waals surface area (Å²) in [6, 6.07) is 4.13. The Balaban J connectivity index is 2.02. The fourth-order valence-electron chi connectivity index (χ4n) is 2.77. The van der Waals surface area contributed by atoms with E-state index in [2.05, 4.69) is 5.32 Å². The first-order valence-electron chi connectivity index (χ1n) is 7.62. The Kier molecular flexibility index (Phi) is 5.49. The van der Waals surface area contributed by atoms with Crippen LogP contribution in [0.5, 0.6) is 0 Å². The van der Waals surface area contributed by atoms with E-state index < -0.39 is 41.1 Å². The lowest BCUT2D eigenvalue weighted by Gasteiger charge is -2.21. The topological polar surface area (TPSA) is 95.6 Å². The molecule has 0 fully saturated rings. The van der Waals surface area contributed by atoms with Gasteiger partial charge >= 0.3 is 6.18 Å². The first-order chi connectivity index (χ1) is 11.9. The van der Waals surface area contributed by atoms with Gasteiger partial charge in [0.15, 0.2) is 0 Å². The van der Waals surface area contributed by atoms with Gasteiger partial charge in [0, 0.05) is 11.6 Å². The second kappa shape index (κ2) is 7.14. The summed E-state index contributed by atoms with van der Waals surface area (Å²) < 4.78 is 61.0. The molecule has 0 bridgehead atoms. The van der Waals surface area contributed by atoms with Crippen LogP contribution in [-0.4, -0.2) is 51.8 Å². The molecule has 1 atom stereocenters. The molecule has 7 nitrogen and oxygen atoms in total. The molecule has 0 aliphatic carbocycles. The zero-order valence-electron chi connectivity index (χ0n) is 14.1. The number of carbonyl (C=O) groups excluding carboxylic acids is 2. The molecule has 11 heteroatoms. The number of hydrogen-bond donors (Lipinski definition) is 2. The van der Waals surface area contributed by atoms with Crippen LogP contribution < -0.4 is 14.9 Å². The molecule has 1 aromatic rings. The van der Waals surface area contributed by atoms with Crippen LogP contribution in [0.25, 0.3) is 0 Å². The summed E-state index contributed by atoms with van der Waals surface area (Å²) in [5.74, 6) is -1.60. The molecule has 0 aromatic heterocycles. The predicted octanol–water partition coefficient (Wildman–Crippen LogP) is 0.805. The number of benzene rings is 1. The maximum absolute atomic E-state index is 12.1. The molecule has 0 spiro atoms. The van der Waals surface area contributed by atoms with E-state index in [4.69, 9.17) is 0 Å². The van der Waals surface area contributed by atoms with E-state index in [0.29, 0.717) is 17.7 Å². The average Bonchev–Trinajstić information content (AvgIpc) is 2.84. The van der Waals surface area contributed by atoms with Crippen molar-refractivity contribution in [1.29, 1.82) is 0 Å². The summed E-state index contributed by atoms with van der Waals surface area (Å²) in [6.45, 7) is -0.330. The minimum atomic E-state index is -4.53. The van der Waals surface area contributed by atoms with Crippen LogP contribution in [0.3, 0.4) is 0 Å². The van der Waals surface area contributed by atoms with Gasteiger partial charge < -0.3 is 10.6 Å². The number of hydrogen-bond acceptors (Lipinski definition) is 4. The van der Waals surface area contributed by atoms with E-state index >= 15 is 0 Å². The number of sulfonamides is 1. The molecule has 1 aliphatic heterocycles. The minimum Gasteiger partial charge on any atom is -0.345 e. The largest absolute Gasteiger partial charge is 0.405 e. The Bertz CT molecular complexity index is 824. The zero-order chi connectivity index (χ0) is 19.7. The van der Waals surface area contributed by atoms with Crippen molar-refractivity contribution < 1.29 is 31.2 Å². The van der Waals surface area contributed by atoms with Crippen molar-refractivity contribution in [3.8, 4) is 0 Å². The van der Waals surface area contributed by atoms with Crippen molar-refractivity contribution in [3.05, 3.63) is 29.3 Å². The summed E-state index contributed by atoms with van der Waals surface area (Å²) in [5.41, 5.74) is 1.34. The number of carbonyl (C=O) groups is 2. The fraction of sp³-hybridized carbons (Fsp3) is 0.467. The highest BCUT2D eigenvalue weighted by molar-refractivity contribution is 7.92. The lowest BCUT2D eigenvalue weighted by molar-refractivity contribution is -0.137. The Morgan fingerprint density at radius 2 is 1.92 bits per heavy atom. The van der Waals surface area contributed by atoms with Gasteiger partial charge in [0.25, 0.3) is 5.91 Å². The number of amides is 2. The number of rotatable bonds is 5. The highest BCUT2D eigenvalue weighted by Gasteiger charge is 2.33. The van der Waals surface area contributed by atoms with E-state index in [1.165, 1.54) is 22.5 Å². The highest BCUT2D eigenvalue weighted by atomic mass is 32.2. The summed E-state index contributed by atoms with van der Waals surface area (Å²) in [4.78, 5) is 23.4. The van der Waals surface area contributed by atoms with E-state index in [0.717, 1.165) is 6.26 Å². The number of nitrogens with zero attached hydrogens (tertiary/aromatic N) is 1. The van der Waals surface area contributed by atoms with Crippen molar-refractivity contribution in [3.63, 3.8) is 0 Å². The average molecular weight is 393 g/mol. The van der Waals surface area contributed by atoms with Gasteiger partial charge in [-0.1, -0.05) is 0 Å². The van der Waals surface area contributed by atoms with Crippen LogP contribution in [-0.2, 0) is 21.2 Å². The lowest BCUT2D eigenvalue weighted by Crippen LogP contribution is -2.40. The third-order valence-corrected chi connectivity index (χ3v) is 5.02. The van der Waals surface area contributed by atoms with E-state index in [1.54, 1.807) is 12.2 Å². The summed E-state index contributed by atoms with van der Waals surface area (Å²) in [5, 5.41) is 3.88. The Hall–Kier alpha value is -2.30. The summed E-state index contributed by atoms with van der Waals surface area (Å²) >= 11 is 0. The standard InChI is InChI=1S/C15H18F3N3O4S/c1-9-5-11-6-10(3-4-12(11)21(9)26(2,24)25)14(23)19-7-13(22)20-8-15(16,17)18/h3-4,6,9H,5,7-8H2,1-2H3,(H,19,23)(H,20,22). The SMILES string of the molecule is CC1Cc2cc(C(=O)NCC(=O)NCC(F)(F)F)ccc2N1S(C)(=O)=O. The molecule has 0 saturated carbocycles. The highest BCUT2D eigenvalue weighted by Crippen LogP contribution is 2.34. The Morgan fingerprint density at radius 1 is 1.27 bits per heavy atom. The van der Waals surface area contributed by atoms with Crippen LogP contribution in [0.4, 0.5) is 18.9 Å². The van der Waals surface area contributed by atoms with Crippen LogP contribution >= 0.6 is 0 Å². The predicted molar refractivity (Wildman–Crippen MR) is 88.3 cm³/mol. The van der Waals surface area contributed by atoms with Gasteiger partial charge in [-0.2, -0.15) is 13.2 Å². The molecule has 2 N–H and O–H groups in total. The first kappa shape index (κ1) is 20.0. The second-order valence-corrected chi connectivity index (χ2v) is 7.89. The van der Waals surface area contributed by atoms with E-state index in [-0.39, 0.29) is 11.6 Å². The molecule has 2 rings (SSSR count). The molecular weight excluding hydrogens is 375 g/mol. The van der Waals surface area contributed by atoms with Crippen LogP contribution in [0.1, 0.15) is 22.8 Å².